The number of hydrogen-bond acceptors (Lipinski definition) is 3. The molecule has 1 aromatic rings. The lowest BCUT2D eigenvalue weighted by Gasteiger charge is -2.08. The van der Waals surface area contributed by atoms with Crippen LogP contribution in [0.3, 0.4) is 0 Å². The van der Waals surface area contributed by atoms with Crippen LogP contribution in [0.1, 0.15) is 18.9 Å². The molecule has 0 saturated carbocycles. The molecule has 0 fully saturated rings. The van der Waals surface area contributed by atoms with Gasteiger partial charge in [-0.1, -0.05) is 0 Å². The zero-order valence-electron chi connectivity index (χ0n) is 10.6. The first-order valence-electron chi connectivity index (χ1n) is 5.76. The average Bonchev–Trinajstić information content (AvgIpc) is 2.32. The quantitative estimate of drug-likeness (QED) is 0.760. The summed E-state index contributed by atoms with van der Waals surface area (Å²) in [5.41, 5.74) is 0.295. The van der Waals surface area contributed by atoms with Crippen LogP contribution >= 0.6 is 0 Å². The molecule has 0 bridgehead atoms. The van der Waals surface area contributed by atoms with Crippen molar-refractivity contribution in [2.45, 2.75) is 19.8 Å². The Morgan fingerprint density at radius 2 is 2.00 bits per heavy atom. The molecule has 0 aliphatic heterocycles. The summed E-state index contributed by atoms with van der Waals surface area (Å²) in [5, 5.41) is 3.00. The van der Waals surface area contributed by atoms with Crippen molar-refractivity contribution in [3.63, 3.8) is 0 Å². The molecule has 0 heterocycles. The first-order chi connectivity index (χ1) is 8.54. The Morgan fingerprint density at radius 3 is 2.61 bits per heavy atom. The first-order valence-corrected chi connectivity index (χ1v) is 5.76. The van der Waals surface area contributed by atoms with Gasteiger partial charge < -0.3 is 10.1 Å². The van der Waals surface area contributed by atoms with Gasteiger partial charge >= 0.3 is 0 Å². The number of Topliss-reactive ketones (excluding diaryl/α,β-unsaturated/α-hetero) is 1. The number of nitrogens with one attached hydrogen (secondary N) is 1. The summed E-state index contributed by atoms with van der Waals surface area (Å²) in [6.07, 6.45) is 0.810. The van der Waals surface area contributed by atoms with Crippen molar-refractivity contribution in [1.82, 2.24) is 5.32 Å². The summed E-state index contributed by atoms with van der Waals surface area (Å²) < 4.78 is 31.6. The van der Waals surface area contributed by atoms with Gasteiger partial charge in [0.2, 0.25) is 0 Å². The van der Waals surface area contributed by atoms with E-state index in [4.69, 9.17) is 0 Å². The normalized spacial score (nSPS) is 10.4. The van der Waals surface area contributed by atoms with Gasteiger partial charge in [-0.3, -0.25) is 4.79 Å². The molecule has 100 valence electrons. The monoisotopic (exact) mass is 257 g/mol. The van der Waals surface area contributed by atoms with E-state index >= 15 is 0 Å². The first kappa shape index (κ1) is 14.6. The van der Waals surface area contributed by atoms with Crippen LogP contribution < -0.4 is 10.1 Å². The minimum absolute atomic E-state index is 0.0965. The third kappa shape index (κ3) is 4.41. The van der Waals surface area contributed by atoms with Crippen LogP contribution in [0.25, 0.3) is 0 Å². The maximum absolute atomic E-state index is 13.5. The van der Waals surface area contributed by atoms with Crippen molar-refractivity contribution in [3.8, 4) is 5.75 Å². The highest BCUT2D eigenvalue weighted by Gasteiger charge is 2.09. The van der Waals surface area contributed by atoms with Crippen molar-refractivity contribution in [1.29, 1.82) is 0 Å². The summed E-state index contributed by atoms with van der Waals surface area (Å²) in [5.74, 6) is -1.05. The van der Waals surface area contributed by atoms with E-state index in [1.54, 1.807) is 0 Å². The predicted molar refractivity (Wildman–Crippen MR) is 64.8 cm³/mol. The highest BCUT2D eigenvalue weighted by atomic mass is 19.1. The number of halogens is 2. The van der Waals surface area contributed by atoms with E-state index in [-0.39, 0.29) is 11.5 Å². The van der Waals surface area contributed by atoms with E-state index in [1.165, 1.54) is 14.0 Å². The standard InChI is InChI=1S/C13H17F2NO2/c1-9(17)3-5-16-6-4-10-7-12(15)13(18-2)8-11(10)14/h7-8,16H,3-6H2,1-2H3. The van der Waals surface area contributed by atoms with E-state index in [2.05, 4.69) is 10.1 Å². The minimum Gasteiger partial charge on any atom is -0.494 e. The molecule has 0 unspecified atom stereocenters. The van der Waals surface area contributed by atoms with Crippen LogP contribution in [0.15, 0.2) is 12.1 Å². The Bertz CT molecular complexity index is 422. The third-order valence-corrected chi connectivity index (χ3v) is 2.55. The topological polar surface area (TPSA) is 38.3 Å². The van der Waals surface area contributed by atoms with Crippen LogP contribution in [-0.2, 0) is 11.2 Å². The van der Waals surface area contributed by atoms with E-state index < -0.39 is 11.6 Å². The summed E-state index contributed by atoms with van der Waals surface area (Å²) in [4.78, 5) is 10.7. The van der Waals surface area contributed by atoms with Crippen molar-refractivity contribution in [2.75, 3.05) is 20.2 Å². The molecule has 0 amide bonds. The maximum atomic E-state index is 13.5. The molecule has 1 aromatic carbocycles. The predicted octanol–water partition coefficient (Wildman–Crippen LogP) is 2.08. The molecule has 0 atom stereocenters. The van der Waals surface area contributed by atoms with E-state index in [9.17, 15) is 13.6 Å². The zero-order valence-corrected chi connectivity index (χ0v) is 10.6. The second-order valence-corrected chi connectivity index (χ2v) is 4.03. The van der Waals surface area contributed by atoms with Gasteiger partial charge in [-0.15, -0.1) is 0 Å². The van der Waals surface area contributed by atoms with Crippen LogP contribution in [-0.4, -0.2) is 26.0 Å². The van der Waals surface area contributed by atoms with Crippen LogP contribution in [0, 0.1) is 11.6 Å². The molecule has 0 aromatic heterocycles. The number of rotatable bonds is 7. The molecule has 18 heavy (non-hydrogen) atoms. The van der Waals surface area contributed by atoms with Crippen LogP contribution in [0.2, 0.25) is 0 Å². The highest BCUT2D eigenvalue weighted by molar-refractivity contribution is 5.75. The second kappa shape index (κ2) is 7.06. The highest BCUT2D eigenvalue weighted by Crippen LogP contribution is 2.21. The average molecular weight is 257 g/mol. The molecule has 0 aliphatic carbocycles. The number of ether oxygens (including phenoxy) is 1. The van der Waals surface area contributed by atoms with E-state index in [0.717, 1.165) is 12.1 Å². The van der Waals surface area contributed by atoms with E-state index in [0.29, 0.717) is 31.5 Å². The lowest BCUT2D eigenvalue weighted by atomic mass is 10.1. The van der Waals surface area contributed by atoms with Gasteiger partial charge in [-0.25, -0.2) is 8.78 Å². The third-order valence-electron chi connectivity index (χ3n) is 2.55. The Morgan fingerprint density at radius 1 is 1.28 bits per heavy atom. The Labute approximate surface area is 105 Å². The number of methoxy groups -OCH3 is 1. The summed E-state index contributed by atoms with van der Waals surface area (Å²) in [6.45, 7) is 2.56. The minimum atomic E-state index is -0.572. The summed E-state index contributed by atoms with van der Waals surface area (Å²) >= 11 is 0. The maximum Gasteiger partial charge on any atom is 0.165 e. The largest absolute Gasteiger partial charge is 0.494 e. The van der Waals surface area contributed by atoms with Crippen molar-refractivity contribution < 1.29 is 18.3 Å². The number of hydrogen-bond donors (Lipinski definition) is 1. The fourth-order valence-electron chi connectivity index (χ4n) is 1.53. The van der Waals surface area contributed by atoms with Crippen molar-refractivity contribution in [2.24, 2.45) is 0 Å². The van der Waals surface area contributed by atoms with Crippen LogP contribution in [0.4, 0.5) is 8.78 Å². The zero-order chi connectivity index (χ0) is 13.5. The fourth-order valence-corrected chi connectivity index (χ4v) is 1.53. The Hall–Kier alpha value is -1.49. The lowest BCUT2D eigenvalue weighted by molar-refractivity contribution is -0.116. The summed E-state index contributed by atoms with van der Waals surface area (Å²) in [7, 11) is 1.29. The summed E-state index contributed by atoms with van der Waals surface area (Å²) in [6, 6.07) is 2.18. The fraction of sp³-hybridized carbons (Fsp3) is 0.462. The van der Waals surface area contributed by atoms with Crippen LogP contribution in [0.5, 0.6) is 5.75 Å². The molecule has 3 nitrogen and oxygen atoms in total. The van der Waals surface area contributed by atoms with Crippen molar-refractivity contribution in [3.05, 3.63) is 29.3 Å². The van der Waals surface area contributed by atoms with Crippen molar-refractivity contribution >= 4 is 5.78 Å². The number of ketones is 1. The molecule has 5 heteroatoms. The number of benzene rings is 1. The molecular formula is C13H17F2NO2. The molecule has 0 spiro atoms. The van der Waals surface area contributed by atoms with Gasteiger partial charge in [0.15, 0.2) is 11.6 Å². The van der Waals surface area contributed by atoms with Gasteiger partial charge in [-0.2, -0.15) is 0 Å². The lowest BCUT2D eigenvalue weighted by Crippen LogP contribution is -2.20. The van der Waals surface area contributed by atoms with Gasteiger partial charge in [0, 0.05) is 19.0 Å². The van der Waals surface area contributed by atoms with Gasteiger partial charge in [0.05, 0.1) is 7.11 Å². The Kier molecular flexibility index (Phi) is 5.71. The molecule has 1 rings (SSSR count). The molecule has 1 N–H and O–H groups in total. The van der Waals surface area contributed by atoms with Gasteiger partial charge in [-0.05, 0) is 31.5 Å². The number of carbonyl (C=O) groups excluding carboxylic acids is 1. The Balaban J connectivity index is 2.47. The second-order valence-electron chi connectivity index (χ2n) is 4.03. The SMILES string of the molecule is COc1cc(F)c(CCNCCC(C)=O)cc1F. The molecule has 0 aliphatic rings. The molecule has 0 saturated heterocycles. The van der Waals surface area contributed by atoms with Gasteiger partial charge in [0.1, 0.15) is 11.6 Å². The smallest absolute Gasteiger partial charge is 0.165 e. The molecule has 0 radical (unpaired) electrons. The number of carbonyl (C=O) groups is 1. The molecular weight excluding hydrogens is 240 g/mol. The van der Waals surface area contributed by atoms with E-state index in [1.807, 2.05) is 0 Å². The van der Waals surface area contributed by atoms with Gasteiger partial charge in [0.25, 0.3) is 0 Å².